The Morgan fingerprint density at radius 2 is 2.00 bits per heavy atom. The van der Waals surface area contributed by atoms with Crippen LogP contribution in [0.1, 0.15) is 16.1 Å². The molecule has 4 rings (SSSR count). The first kappa shape index (κ1) is 18.1. The van der Waals surface area contributed by atoms with Gasteiger partial charge in [-0.2, -0.15) is 0 Å². The van der Waals surface area contributed by atoms with Crippen molar-refractivity contribution in [3.63, 3.8) is 0 Å². The van der Waals surface area contributed by atoms with Gasteiger partial charge in [0.2, 0.25) is 11.8 Å². The molecule has 0 radical (unpaired) electrons. The van der Waals surface area contributed by atoms with E-state index >= 15 is 0 Å². The van der Waals surface area contributed by atoms with Gasteiger partial charge in [-0.05, 0) is 29.8 Å². The number of benzene rings is 2. The Balaban J connectivity index is 1.36. The van der Waals surface area contributed by atoms with Crippen LogP contribution in [0.15, 0.2) is 71.5 Å². The molecular weight excluding hydrogens is 377 g/mol. The topological polar surface area (TPSA) is 68.0 Å². The van der Waals surface area contributed by atoms with Crippen molar-refractivity contribution < 1.29 is 13.6 Å². The number of nitrogens with one attached hydrogen (secondary N) is 1. The van der Waals surface area contributed by atoms with Gasteiger partial charge in [0.15, 0.2) is 5.13 Å². The molecule has 28 heavy (non-hydrogen) atoms. The van der Waals surface area contributed by atoms with Crippen LogP contribution in [0.2, 0.25) is 0 Å². The highest BCUT2D eigenvalue weighted by Gasteiger charge is 2.12. The second-order valence-corrected chi connectivity index (χ2v) is 7.29. The maximum atomic E-state index is 13.3. The van der Waals surface area contributed by atoms with Gasteiger partial charge in [0.05, 0.1) is 12.1 Å². The molecule has 1 N–H and O–H groups in total. The van der Waals surface area contributed by atoms with Gasteiger partial charge in [0.1, 0.15) is 12.1 Å². The van der Waals surface area contributed by atoms with Gasteiger partial charge in [-0.15, -0.1) is 11.3 Å². The summed E-state index contributed by atoms with van der Waals surface area (Å²) >= 11 is 1.37. The highest BCUT2D eigenvalue weighted by molar-refractivity contribution is 7.15. The van der Waals surface area contributed by atoms with E-state index < -0.39 is 0 Å². The molecule has 140 valence electrons. The molecule has 0 bridgehead atoms. The van der Waals surface area contributed by atoms with Crippen LogP contribution in [0, 0.1) is 5.82 Å². The Morgan fingerprint density at radius 1 is 1.14 bits per heavy atom. The molecule has 2 aromatic carbocycles. The number of carbonyl (C=O) groups is 1. The molecule has 1 amide bonds. The largest absolute Gasteiger partial charge is 0.444 e. The molecule has 2 aromatic heterocycles. The van der Waals surface area contributed by atoms with Gasteiger partial charge in [0.25, 0.3) is 0 Å². The molecule has 4 aromatic rings. The van der Waals surface area contributed by atoms with Crippen LogP contribution in [0.5, 0.6) is 0 Å². The first-order chi connectivity index (χ1) is 13.7. The van der Waals surface area contributed by atoms with Crippen molar-refractivity contribution in [1.82, 2.24) is 9.97 Å². The summed E-state index contributed by atoms with van der Waals surface area (Å²) in [4.78, 5) is 21.8. The Hall–Kier alpha value is -3.32. The number of hydrogen-bond acceptors (Lipinski definition) is 5. The van der Waals surface area contributed by atoms with Crippen LogP contribution < -0.4 is 5.32 Å². The number of carbonyl (C=O) groups excluding carboxylic acids is 1. The zero-order chi connectivity index (χ0) is 19.3. The molecule has 0 spiro atoms. The number of amides is 1. The summed E-state index contributed by atoms with van der Waals surface area (Å²) in [5.41, 5.74) is 2.27. The number of rotatable bonds is 6. The normalized spacial score (nSPS) is 10.8. The van der Waals surface area contributed by atoms with E-state index in [0.29, 0.717) is 23.1 Å². The molecule has 0 aliphatic carbocycles. The SMILES string of the molecule is O=C(Cc1coc(-c2ccccc2)n1)Nc1ncc(Cc2cccc(F)c2)s1. The van der Waals surface area contributed by atoms with E-state index in [0.717, 1.165) is 16.0 Å². The number of anilines is 1. The molecule has 0 fully saturated rings. The minimum absolute atomic E-state index is 0.0924. The summed E-state index contributed by atoms with van der Waals surface area (Å²) in [5.74, 6) is -0.00683. The van der Waals surface area contributed by atoms with Crippen molar-refractivity contribution in [2.75, 3.05) is 5.32 Å². The van der Waals surface area contributed by atoms with Gasteiger partial charge in [-0.25, -0.2) is 14.4 Å². The van der Waals surface area contributed by atoms with Gasteiger partial charge in [-0.1, -0.05) is 30.3 Å². The summed E-state index contributed by atoms with van der Waals surface area (Å²) in [7, 11) is 0. The standard InChI is InChI=1S/C21H16FN3O2S/c22-16-8-4-5-14(9-16)10-18-12-23-21(28-18)25-19(26)11-17-13-27-20(24-17)15-6-2-1-3-7-15/h1-9,12-13H,10-11H2,(H,23,25,26). The van der Waals surface area contributed by atoms with Gasteiger partial charge in [0, 0.05) is 23.1 Å². The lowest BCUT2D eigenvalue weighted by Crippen LogP contribution is -2.14. The van der Waals surface area contributed by atoms with Gasteiger partial charge < -0.3 is 9.73 Å². The molecule has 7 heteroatoms. The Morgan fingerprint density at radius 3 is 2.82 bits per heavy atom. The predicted octanol–water partition coefficient (Wildman–Crippen LogP) is 4.71. The maximum Gasteiger partial charge on any atom is 0.232 e. The third-order valence-electron chi connectivity index (χ3n) is 3.98. The first-order valence-corrected chi connectivity index (χ1v) is 9.46. The Labute approximate surface area is 164 Å². The van der Waals surface area contributed by atoms with Crippen LogP contribution in [-0.2, 0) is 17.6 Å². The van der Waals surface area contributed by atoms with Crippen LogP contribution in [0.3, 0.4) is 0 Å². The summed E-state index contributed by atoms with van der Waals surface area (Å²) in [6.07, 6.45) is 3.83. The van der Waals surface area contributed by atoms with E-state index in [2.05, 4.69) is 15.3 Å². The number of oxazole rings is 1. The first-order valence-electron chi connectivity index (χ1n) is 8.64. The molecular formula is C21H16FN3O2S. The molecule has 2 heterocycles. The average Bonchev–Trinajstić information content (AvgIpc) is 3.32. The van der Waals surface area contributed by atoms with Crippen molar-refractivity contribution in [1.29, 1.82) is 0 Å². The number of aromatic nitrogens is 2. The van der Waals surface area contributed by atoms with E-state index in [-0.39, 0.29) is 18.1 Å². The quantitative estimate of drug-likeness (QED) is 0.515. The second-order valence-electron chi connectivity index (χ2n) is 6.17. The lowest BCUT2D eigenvalue weighted by Gasteiger charge is -1.99. The predicted molar refractivity (Wildman–Crippen MR) is 106 cm³/mol. The Bertz CT molecular complexity index is 1090. The van der Waals surface area contributed by atoms with Crippen molar-refractivity contribution >= 4 is 22.4 Å². The number of halogens is 1. The third-order valence-corrected chi connectivity index (χ3v) is 4.89. The molecule has 0 aliphatic rings. The fourth-order valence-electron chi connectivity index (χ4n) is 2.72. The van der Waals surface area contributed by atoms with Crippen molar-refractivity contribution in [3.8, 4) is 11.5 Å². The van der Waals surface area contributed by atoms with Gasteiger partial charge in [-0.3, -0.25) is 4.79 Å². The van der Waals surface area contributed by atoms with Crippen molar-refractivity contribution in [3.05, 3.63) is 89.0 Å². The molecule has 5 nitrogen and oxygen atoms in total. The summed E-state index contributed by atoms with van der Waals surface area (Å²) < 4.78 is 18.7. The number of thiazole rings is 1. The van der Waals surface area contributed by atoms with E-state index in [9.17, 15) is 9.18 Å². The molecule has 0 saturated carbocycles. The lowest BCUT2D eigenvalue weighted by atomic mass is 10.1. The molecule has 0 atom stereocenters. The van der Waals surface area contributed by atoms with Gasteiger partial charge >= 0.3 is 0 Å². The average molecular weight is 393 g/mol. The van der Waals surface area contributed by atoms with E-state index in [1.54, 1.807) is 12.3 Å². The third kappa shape index (κ3) is 4.50. The smallest absolute Gasteiger partial charge is 0.232 e. The zero-order valence-corrected chi connectivity index (χ0v) is 15.6. The fourth-order valence-corrected chi connectivity index (χ4v) is 3.59. The minimum Gasteiger partial charge on any atom is -0.444 e. The summed E-state index contributed by atoms with van der Waals surface area (Å²) in [6.45, 7) is 0. The van der Waals surface area contributed by atoms with Crippen LogP contribution in [0.25, 0.3) is 11.5 Å². The molecule has 0 saturated heterocycles. The minimum atomic E-state index is -0.266. The zero-order valence-electron chi connectivity index (χ0n) is 14.8. The van der Waals surface area contributed by atoms with Crippen LogP contribution in [-0.4, -0.2) is 15.9 Å². The second kappa shape index (κ2) is 8.14. The van der Waals surface area contributed by atoms with Crippen LogP contribution in [0.4, 0.5) is 9.52 Å². The van der Waals surface area contributed by atoms with E-state index in [1.165, 1.54) is 29.7 Å². The van der Waals surface area contributed by atoms with E-state index in [4.69, 9.17) is 4.42 Å². The summed E-state index contributed by atoms with van der Waals surface area (Å²) in [6, 6.07) is 15.9. The lowest BCUT2D eigenvalue weighted by molar-refractivity contribution is -0.115. The number of hydrogen-bond donors (Lipinski definition) is 1. The maximum absolute atomic E-state index is 13.3. The van der Waals surface area contributed by atoms with E-state index in [1.807, 2.05) is 36.4 Å². The van der Waals surface area contributed by atoms with Crippen molar-refractivity contribution in [2.24, 2.45) is 0 Å². The summed E-state index contributed by atoms with van der Waals surface area (Å²) in [5, 5.41) is 3.27. The van der Waals surface area contributed by atoms with Crippen molar-refractivity contribution in [2.45, 2.75) is 12.8 Å². The fraction of sp³-hybridized carbons (Fsp3) is 0.0952. The van der Waals surface area contributed by atoms with Crippen LogP contribution >= 0.6 is 11.3 Å². The highest BCUT2D eigenvalue weighted by Crippen LogP contribution is 2.22. The molecule has 0 aliphatic heterocycles. The monoisotopic (exact) mass is 393 g/mol. The molecule has 0 unspecified atom stereocenters. The Kier molecular flexibility index (Phi) is 5.25. The highest BCUT2D eigenvalue weighted by atomic mass is 32.1. The number of nitrogens with zero attached hydrogens (tertiary/aromatic N) is 2.